The summed E-state index contributed by atoms with van der Waals surface area (Å²) >= 11 is 0. The summed E-state index contributed by atoms with van der Waals surface area (Å²) in [7, 11) is 7.59. The van der Waals surface area contributed by atoms with E-state index >= 15 is 0 Å². The van der Waals surface area contributed by atoms with Gasteiger partial charge in [-0.1, -0.05) is 6.07 Å². The van der Waals surface area contributed by atoms with Gasteiger partial charge in [-0.05, 0) is 23.3 Å². The van der Waals surface area contributed by atoms with Crippen LogP contribution in [-0.4, -0.2) is 49.6 Å². The van der Waals surface area contributed by atoms with E-state index in [1.807, 2.05) is 12.1 Å². The van der Waals surface area contributed by atoms with Crippen LogP contribution < -0.4 is 9.47 Å². The molecule has 25 heavy (non-hydrogen) atoms. The maximum atomic E-state index is 11.0. The van der Waals surface area contributed by atoms with Crippen molar-refractivity contribution in [3.05, 3.63) is 34.9 Å². The molecule has 0 bridgehead atoms. The zero-order valence-electron chi connectivity index (χ0n) is 15.1. The van der Waals surface area contributed by atoms with Crippen LogP contribution in [0.2, 0.25) is 0 Å². The van der Waals surface area contributed by atoms with Gasteiger partial charge < -0.3 is 24.2 Å². The van der Waals surface area contributed by atoms with Gasteiger partial charge in [0.05, 0.1) is 34.9 Å². The average molecular weight is 342 g/mol. The van der Waals surface area contributed by atoms with Gasteiger partial charge in [-0.3, -0.25) is 0 Å². The summed E-state index contributed by atoms with van der Waals surface area (Å²) in [4.78, 5) is 0. The lowest BCUT2D eigenvalue weighted by atomic mass is 9.75. The number of nitrogens with zero attached hydrogens (tertiary/aromatic N) is 1. The Morgan fingerprint density at radius 3 is 2.48 bits per heavy atom. The number of methoxy groups -OCH3 is 2. The van der Waals surface area contributed by atoms with Crippen LogP contribution in [0.15, 0.2) is 18.2 Å². The first kappa shape index (κ1) is 16.1. The van der Waals surface area contributed by atoms with Gasteiger partial charge in [0.25, 0.3) is 0 Å². The van der Waals surface area contributed by atoms with Crippen molar-refractivity contribution in [1.29, 1.82) is 0 Å². The summed E-state index contributed by atoms with van der Waals surface area (Å²) in [6, 6.07) is 5.82. The SMILES string of the molecule is COc1cc2c3c(c1O)-c1c(ccc(O)c1OC)CC3[N+](C)(C)CC2. The van der Waals surface area contributed by atoms with E-state index in [1.165, 1.54) is 5.56 Å². The van der Waals surface area contributed by atoms with Crippen LogP contribution in [0.4, 0.5) is 0 Å². The molecule has 4 rings (SSSR count). The molecule has 1 unspecified atom stereocenters. The highest BCUT2D eigenvalue weighted by Crippen LogP contribution is 2.56. The molecule has 2 aromatic rings. The minimum absolute atomic E-state index is 0.0835. The Balaban J connectivity index is 2.13. The van der Waals surface area contributed by atoms with Crippen LogP contribution in [0.25, 0.3) is 11.1 Å². The number of benzene rings is 2. The van der Waals surface area contributed by atoms with Gasteiger partial charge in [-0.25, -0.2) is 0 Å². The molecule has 5 nitrogen and oxygen atoms in total. The molecule has 2 aliphatic rings. The van der Waals surface area contributed by atoms with Gasteiger partial charge in [0.15, 0.2) is 23.0 Å². The van der Waals surface area contributed by atoms with Crippen LogP contribution in [-0.2, 0) is 12.8 Å². The molecule has 1 heterocycles. The molecule has 2 N–H and O–H groups in total. The third kappa shape index (κ3) is 2.12. The van der Waals surface area contributed by atoms with E-state index in [0.29, 0.717) is 11.5 Å². The topological polar surface area (TPSA) is 58.9 Å². The van der Waals surface area contributed by atoms with Crippen LogP contribution in [0.1, 0.15) is 22.7 Å². The number of quaternary nitrogens is 1. The standard InChI is InChI=1S/C20H23NO4/c1-21(2)8-7-12-10-15(24-3)19(23)18-16(12)13(21)9-11-5-6-14(22)20(25-4)17(11)18/h5-6,10,13H,7-9H2,1-4H3,(H-,22,23)/p+1. The zero-order chi connectivity index (χ0) is 17.9. The third-order valence-corrected chi connectivity index (χ3v) is 5.84. The largest absolute Gasteiger partial charge is 0.504 e. The number of phenols is 2. The first-order valence-electron chi connectivity index (χ1n) is 8.53. The molecule has 2 aromatic carbocycles. The fraction of sp³-hybridized carbons (Fsp3) is 0.400. The molecule has 0 spiro atoms. The second-order valence-corrected chi connectivity index (χ2v) is 7.50. The van der Waals surface area contributed by atoms with E-state index in [-0.39, 0.29) is 17.5 Å². The number of hydrogen-bond donors (Lipinski definition) is 2. The van der Waals surface area contributed by atoms with E-state index < -0.39 is 0 Å². The van der Waals surface area contributed by atoms with Crippen molar-refractivity contribution in [2.24, 2.45) is 0 Å². The number of ether oxygens (including phenoxy) is 2. The molecular formula is C20H24NO4+. The van der Waals surface area contributed by atoms with E-state index in [2.05, 4.69) is 14.1 Å². The van der Waals surface area contributed by atoms with Crippen molar-refractivity contribution in [2.45, 2.75) is 18.9 Å². The predicted octanol–water partition coefficient (Wildman–Crippen LogP) is 3.01. The summed E-state index contributed by atoms with van der Waals surface area (Å²) < 4.78 is 11.8. The molecule has 1 aliphatic heterocycles. The molecular weight excluding hydrogens is 318 g/mol. The van der Waals surface area contributed by atoms with Gasteiger partial charge in [0.2, 0.25) is 0 Å². The lowest BCUT2D eigenvalue weighted by Gasteiger charge is -2.46. The maximum absolute atomic E-state index is 11.0. The van der Waals surface area contributed by atoms with Crippen LogP contribution in [0.5, 0.6) is 23.0 Å². The highest BCUT2D eigenvalue weighted by molar-refractivity contribution is 5.88. The Morgan fingerprint density at radius 1 is 1.04 bits per heavy atom. The summed E-state index contributed by atoms with van der Waals surface area (Å²) in [6.07, 6.45) is 1.78. The minimum Gasteiger partial charge on any atom is -0.504 e. The highest BCUT2D eigenvalue weighted by Gasteiger charge is 2.44. The predicted molar refractivity (Wildman–Crippen MR) is 95.4 cm³/mol. The number of hydrogen-bond acceptors (Lipinski definition) is 4. The van der Waals surface area contributed by atoms with E-state index in [0.717, 1.165) is 46.1 Å². The molecule has 1 atom stereocenters. The Labute approximate surface area is 147 Å². The fourth-order valence-electron chi connectivity index (χ4n) is 4.45. The molecule has 0 aromatic heterocycles. The number of fused-ring (bicyclic) bond motifs is 2. The monoisotopic (exact) mass is 342 g/mol. The molecule has 1 aliphatic carbocycles. The number of likely N-dealkylation sites (N-methyl/N-ethyl adjacent to an activating group) is 1. The van der Waals surface area contributed by atoms with Crippen molar-refractivity contribution in [3.63, 3.8) is 0 Å². The summed E-state index contributed by atoms with van der Waals surface area (Å²) in [5, 5.41) is 21.2. The quantitative estimate of drug-likeness (QED) is 0.824. The van der Waals surface area contributed by atoms with Crippen LogP contribution in [0, 0.1) is 0 Å². The fourth-order valence-corrected chi connectivity index (χ4v) is 4.45. The zero-order valence-corrected chi connectivity index (χ0v) is 15.1. The number of aromatic hydroxyl groups is 2. The molecule has 0 saturated heterocycles. The van der Waals surface area contributed by atoms with E-state index in [9.17, 15) is 10.2 Å². The van der Waals surface area contributed by atoms with Crippen LogP contribution >= 0.6 is 0 Å². The van der Waals surface area contributed by atoms with Crippen molar-refractivity contribution < 1.29 is 24.2 Å². The van der Waals surface area contributed by atoms with Crippen molar-refractivity contribution in [1.82, 2.24) is 0 Å². The molecule has 0 fully saturated rings. The van der Waals surface area contributed by atoms with Gasteiger partial charge in [0.1, 0.15) is 6.04 Å². The van der Waals surface area contributed by atoms with Crippen molar-refractivity contribution >= 4 is 0 Å². The molecule has 0 saturated carbocycles. The van der Waals surface area contributed by atoms with Gasteiger partial charge in [0, 0.05) is 29.5 Å². The Bertz CT molecular complexity index is 873. The van der Waals surface area contributed by atoms with Crippen molar-refractivity contribution in [2.75, 3.05) is 34.9 Å². The molecule has 5 heteroatoms. The second kappa shape index (κ2) is 5.30. The highest BCUT2D eigenvalue weighted by atomic mass is 16.5. The minimum atomic E-state index is 0.0835. The lowest BCUT2D eigenvalue weighted by molar-refractivity contribution is -0.923. The van der Waals surface area contributed by atoms with Gasteiger partial charge in [-0.15, -0.1) is 0 Å². The summed E-state index contributed by atoms with van der Waals surface area (Å²) in [5.41, 5.74) is 4.98. The first-order valence-corrected chi connectivity index (χ1v) is 8.53. The van der Waals surface area contributed by atoms with E-state index in [1.54, 1.807) is 20.3 Å². The Kier molecular flexibility index (Phi) is 3.41. The average Bonchev–Trinajstić information content (AvgIpc) is 2.59. The Morgan fingerprint density at radius 2 is 1.80 bits per heavy atom. The third-order valence-electron chi connectivity index (χ3n) is 5.84. The molecule has 0 amide bonds. The molecule has 0 radical (unpaired) electrons. The maximum Gasteiger partial charge on any atom is 0.168 e. The number of rotatable bonds is 2. The number of phenolic OH excluding ortho intramolecular Hbond substituents is 2. The van der Waals surface area contributed by atoms with Gasteiger partial charge >= 0.3 is 0 Å². The Hall–Kier alpha value is -2.40. The normalized spacial score (nSPS) is 19.8. The van der Waals surface area contributed by atoms with E-state index in [4.69, 9.17) is 9.47 Å². The smallest absolute Gasteiger partial charge is 0.168 e. The summed E-state index contributed by atoms with van der Waals surface area (Å²) in [5.74, 6) is 1.09. The van der Waals surface area contributed by atoms with Crippen LogP contribution in [0.3, 0.4) is 0 Å². The van der Waals surface area contributed by atoms with Gasteiger partial charge in [-0.2, -0.15) is 0 Å². The van der Waals surface area contributed by atoms with Crippen molar-refractivity contribution in [3.8, 4) is 34.1 Å². The second-order valence-electron chi connectivity index (χ2n) is 7.50. The first-order chi connectivity index (χ1) is 11.9. The lowest BCUT2D eigenvalue weighted by Crippen LogP contribution is -2.49. The summed E-state index contributed by atoms with van der Waals surface area (Å²) in [6.45, 7) is 1.04. The molecule has 132 valence electrons.